The minimum atomic E-state index is -1.20. The molecule has 5 amide bonds. The molecule has 0 aliphatic carbocycles. The van der Waals surface area contributed by atoms with E-state index in [4.69, 9.17) is 10.5 Å². The van der Waals surface area contributed by atoms with Crippen molar-refractivity contribution in [2.75, 3.05) is 13.1 Å². The van der Waals surface area contributed by atoms with Gasteiger partial charge in [-0.15, -0.1) is 0 Å². The first-order valence-corrected chi connectivity index (χ1v) is 15.9. The van der Waals surface area contributed by atoms with Crippen molar-refractivity contribution in [3.8, 4) is 0 Å². The van der Waals surface area contributed by atoms with E-state index in [9.17, 15) is 24.3 Å². The second-order valence-corrected chi connectivity index (χ2v) is 12.0. The number of carbonyl (C=O) groups excluding carboxylic acids is 4. The molecule has 11 nitrogen and oxygen atoms in total. The summed E-state index contributed by atoms with van der Waals surface area (Å²) in [5, 5.41) is 19.7. The third kappa shape index (κ3) is 13.2. The fourth-order valence-electron chi connectivity index (χ4n) is 4.93. The fourth-order valence-corrected chi connectivity index (χ4v) is 4.93. The lowest BCUT2D eigenvalue weighted by atomic mass is 10.0. The number of aliphatic hydroxyl groups excluding tert-OH is 1. The van der Waals surface area contributed by atoms with Crippen LogP contribution in [0, 0.1) is 5.92 Å². The number of alkyl carbamates (subject to hydrolysis) is 1. The van der Waals surface area contributed by atoms with Gasteiger partial charge in [0.15, 0.2) is 0 Å². The number of nitrogens with one attached hydrogen (secondary N) is 3. The van der Waals surface area contributed by atoms with E-state index in [-0.39, 0.29) is 32.0 Å². The van der Waals surface area contributed by atoms with Crippen LogP contribution in [-0.2, 0) is 33.8 Å². The maximum absolute atomic E-state index is 13.8. The van der Waals surface area contributed by atoms with E-state index in [1.54, 1.807) is 0 Å². The van der Waals surface area contributed by atoms with Gasteiger partial charge in [-0.05, 0) is 48.8 Å². The molecule has 0 aliphatic rings. The average molecular weight is 646 g/mol. The van der Waals surface area contributed by atoms with E-state index in [2.05, 4.69) is 16.0 Å². The van der Waals surface area contributed by atoms with Crippen LogP contribution in [0.3, 0.4) is 0 Å². The Labute approximate surface area is 276 Å². The number of hydrogen-bond acceptors (Lipinski definition) is 6. The Kier molecular flexibility index (Phi) is 14.7. The molecule has 0 saturated heterocycles. The van der Waals surface area contributed by atoms with Gasteiger partial charge in [-0.25, -0.2) is 9.59 Å². The summed E-state index contributed by atoms with van der Waals surface area (Å²) in [6.07, 6.45) is -0.834. The first kappa shape index (κ1) is 36.6. The van der Waals surface area contributed by atoms with Gasteiger partial charge in [-0.1, -0.05) is 105 Å². The molecular formula is C36H47N5O6. The zero-order valence-electron chi connectivity index (χ0n) is 27.3. The average Bonchev–Trinajstić information content (AvgIpc) is 3.06. The van der Waals surface area contributed by atoms with Crippen molar-refractivity contribution in [1.29, 1.82) is 0 Å². The molecule has 0 bridgehead atoms. The normalized spacial score (nSPS) is 13.5. The molecule has 0 fully saturated rings. The van der Waals surface area contributed by atoms with E-state index in [0.717, 1.165) is 16.7 Å². The number of rotatable bonds is 17. The van der Waals surface area contributed by atoms with Crippen molar-refractivity contribution in [1.82, 2.24) is 20.9 Å². The topological polar surface area (TPSA) is 163 Å². The smallest absolute Gasteiger partial charge is 0.407 e. The SMILES string of the molecule is CC(C)C[C@H](NC(=O)N(CCc1ccccc1)C[C@@H](O)[C@H](Cc1ccccc1)NC(=O)OCc1ccccc1)C(=O)N[C@@H](C)C(N)=O. The van der Waals surface area contributed by atoms with Crippen molar-refractivity contribution >= 4 is 23.9 Å². The van der Waals surface area contributed by atoms with Crippen molar-refractivity contribution in [3.05, 3.63) is 108 Å². The maximum atomic E-state index is 13.8. The number of carbonyl (C=O) groups is 4. The number of urea groups is 1. The van der Waals surface area contributed by atoms with E-state index >= 15 is 0 Å². The third-order valence-electron chi connectivity index (χ3n) is 7.59. The lowest BCUT2D eigenvalue weighted by molar-refractivity contribution is -0.128. The Balaban J connectivity index is 1.80. The van der Waals surface area contributed by atoms with Crippen molar-refractivity contribution in [3.63, 3.8) is 0 Å². The summed E-state index contributed by atoms with van der Waals surface area (Å²) < 4.78 is 5.44. The van der Waals surface area contributed by atoms with Gasteiger partial charge in [-0.2, -0.15) is 0 Å². The number of nitrogens with zero attached hydrogens (tertiary/aromatic N) is 1. The van der Waals surface area contributed by atoms with Crippen LogP contribution in [0.5, 0.6) is 0 Å². The van der Waals surface area contributed by atoms with Gasteiger partial charge in [0.2, 0.25) is 11.8 Å². The molecule has 3 rings (SSSR count). The van der Waals surface area contributed by atoms with Crippen molar-refractivity contribution in [2.24, 2.45) is 11.7 Å². The predicted octanol–water partition coefficient (Wildman–Crippen LogP) is 3.54. The summed E-state index contributed by atoms with van der Waals surface area (Å²) in [4.78, 5) is 52.8. The van der Waals surface area contributed by atoms with Gasteiger partial charge in [0.25, 0.3) is 0 Å². The summed E-state index contributed by atoms with van der Waals surface area (Å²) in [5.41, 5.74) is 8.01. The molecule has 0 aliphatic heterocycles. The number of nitrogens with two attached hydrogens (primary N) is 1. The number of amides is 5. The van der Waals surface area contributed by atoms with E-state index in [1.165, 1.54) is 11.8 Å². The second-order valence-electron chi connectivity index (χ2n) is 12.0. The van der Waals surface area contributed by atoms with E-state index in [0.29, 0.717) is 12.8 Å². The van der Waals surface area contributed by atoms with Gasteiger partial charge in [0.1, 0.15) is 18.7 Å². The van der Waals surface area contributed by atoms with Crippen LogP contribution in [0.4, 0.5) is 9.59 Å². The lowest BCUT2D eigenvalue weighted by Crippen LogP contribution is -2.57. The molecule has 3 aromatic carbocycles. The van der Waals surface area contributed by atoms with Gasteiger partial charge < -0.3 is 36.4 Å². The van der Waals surface area contributed by atoms with Crippen LogP contribution in [0.15, 0.2) is 91.0 Å². The van der Waals surface area contributed by atoms with Crippen LogP contribution in [-0.4, -0.2) is 71.3 Å². The lowest BCUT2D eigenvalue weighted by Gasteiger charge is -2.32. The molecular weight excluding hydrogens is 598 g/mol. The number of hydrogen-bond donors (Lipinski definition) is 5. The highest BCUT2D eigenvalue weighted by molar-refractivity contribution is 5.91. The van der Waals surface area contributed by atoms with E-state index in [1.807, 2.05) is 105 Å². The first-order valence-electron chi connectivity index (χ1n) is 15.9. The molecule has 252 valence electrons. The van der Waals surface area contributed by atoms with Crippen LogP contribution in [0.25, 0.3) is 0 Å². The van der Waals surface area contributed by atoms with Gasteiger partial charge in [0, 0.05) is 6.54 Å². The largest absolute Gasteiger partial charge is 0.445 e. The number of ether oxygens (including phenoxy) is 1. The van der Waals surface area contributed by atoms with Crippen molar-refractivity contribution in [2.45, 2.75) is 70.9 Å². The zero-order chi connectivity index (χ0) is 34.2. The molecule has 0 heterocycles. The Morgan fingerprint density at radius 2 is 1.34 bits per heavy atom. The maximum Gasteiger partial charge on any atom is 0.407 e. The van der Waals surface area contributed by atoms with Crippen LogP contribution in [0.1, 0.15) is 43.9 Å². The summed E-state index contributed by atoms with van der Waals surface area (Å²) in [6, 6.07) is 25.0. The monoisotopic (exact) mass is 645 g/mol. The highest BCUT2D eigenvalue weighted by Gasteiger charge is 2.30. The number of primary amides is 1. The van der Waals surface area contributed by atoms with E-state index < -0.39 is 48.2 Å². The third-order valence-corrected chi connectivity index (χ3v) is 7.59. The highest BCUT2D eigenvalue weighted by Crippen LogP contribution is 2.12. The van der Waals surface area contributed by atoms with Gasteiger partial charge in [0.05, 0.1) is 18.7 Å². The molecule has 0 radical (unpaired) electrons. The minimum absolute atomic E-state index is 0.0413. The molecule has 47 heavy (non-hydrogen) atoms. The summed E-state index contributed by atoms with van der Waals surface area (Å²) >= 11 is 0. The first-order chi connectivity index (χ1) is 22.5. The molecule has 0 unspecified atom stereocenters. The Bertz CT molecular complexity index is 1410. The molecule has 0 aromatic heterocycles. The summed E-state index contributed by atoms with van der Waals surface area (Å²) in [6.45, 7) is 5.43. The Morgan fingerprint density at radius 3 is 1.89 bits per heavy atom. The number of benzene rings is 3. The molecule has 11 heteroatoms. The zero-order valence-corrected chi connectivity index (χ0v) is 27.3. The van der Waals surface area contributed by atoms with Crippen LogP contribution in [0.2, 0.25) is 0 Å². The van der Waals surface area contributed by atoms with Gasteiger partial charge in [-0.3, -0.25) is 9.59 Å². The highest BCUT2D eigenvalue weighted by atomic mass is 16.5. The predicted molar refractivity (Wildman–Crippen MR) is 180 cm³/mol. The Hall–Kier alpha value is -4.90. The molecule has 0 spiro atoms. The molecule has 4 atom stereocenters. The minimum Gasteiger partial charge on any atom is -0.445 e. The fraction of sp³-hybridized carbons (Fsp3) is 0.389. The summed E-state index contributed by atoms with van der Waals surface area (Å²) in [7, 11) is 0. The quantitative estimate of drug-likeness (QED) is 0.151. The molecule has 6 N–H and O–H groups in total. The molecule has 3 aromatic rings. The Morgan fingerprint density at radius 1 is 0.787 bits per heavy atom. The standard InChI is InChI=1S/C36H47N5O6/c1-25(2)21-31(34(44)38-26(3)33(37)43)39-35(45)41(20-19-27-13-7-4-8-14-27)23-32(42)30(22-28-15-9-5-10-16-28)40-36(46)47-24-29-17-11-6-12-18-29/h4-18,25-26,30-32,42H,19-24H2,1-3H3,(H2,37,43)(H,38,44)(H,39,45)(H,40,46)/t26-,30-,31-,32+/m0/s1. The van der Waals surface area contributed by atoms with Crippen LogP contribution >= 0.6 is 0 Å². The van der Waals surface area contributed by atoms with Gasteiger partial charge >= 0.3 is 12.1 Å². The summed E-state index contributed by atoms with van der Waals surface area (Å²) in [5.74, 6) is -1.19. The number of aliphatic hydroxyl groups is 1. The molecule has 0 saturated carbocycles. The van der Waals surface area contributed by atoms with Crippen LogP contribution < -0.4 is 21.7 Å². The second kappa shape index (κ2) is 18.9. The van der Waals surface area contributed by atoms with Crippen molar-refractivity contribution < 1.29 is 29.0 Å².